The van der Waals surface area contributed by atoms with Crippen molar-refractivity contribution in [1.29, 1.82) is 0 Å². The maximum Gasteiger partial charge on any atom is 0.230 e. The molecule has 19 heavy (non-hydrogen) atoms. The van der Waals surface area contributed by atoms with Gasteiger partial charge in [0.15, 0.2) is 0 Å². The zero-order chi connectivity index (χ0) is 13.8. The number of likely N-dealkylation sites (N-methyl/N-ethyl adjacent to an activating group) is 1. The summed E-state index contributed by atoms with van der Waals surface area (Å²) in [6.07, 6.45) is 4.20. The van der Waals surface area contributed by atoms with Crippen molar-refractivity contribution in [2.45, 2.75) is 65.0 Å². The molecule has 0 saturated heterocycles. The second-order valence-electron chi connectivity index (χ2n) is 5.29. The van der Waals surface area contributed by atoms with E-state index in [1.54, 1.807) is 6.92 Å². The van der Waals surface area contributed by atoms with Crippen LogP contribution >= 0.6 is 0 Å². The summed E-state index contributed by atoms with van der Waals surface area (Å²) < 4.78 is 5.67. The van der Waals surface area contributed by atoms with Crippen LogP contribution in [0.25, 0.3) is 0 Å². The second-order valence-corrected chi connectivity index (χ2v) is 5.29. The predicted molar refractivity (Wildman–Crippen MR) is 71.7 cm³/mol. The van der Waals surface area contributed by atoms with Gasteiger partial charge in [0.05, 0.1) is 12.6 Å². The maximum absolute atomic E-state index is 11.7. The number of hydrogen-bond donors (Lipinski definition) is 0. The molecule has 106 valence electrons. The third-order valence-electron chi connectivity index (χ3n) is 3.63. The summed E-state index contributed by atoms with van der Waals surface area (Å²) in [5, 5.41) is 8.18. The number of carbonyl (C=O) groups is 1. The number of rotatable bonds is 8. The molecule has 1 aromatic heterocycles. The van der Waals surface area contributed by atoms with Crippen LogP contribution in [0.5, 0.6) is 0 Å². The van der Waals surface area contributed by atoms with Gasteiger partial charge in [-0.3, -0.25) is 9.69 Å². The lowest BCUT2D eigenvalue weighted by atomic mass is 10.1. The molecular formula is C14H23N3O2. The van der Waals surface area contributed by atoms with Gasteiger partial charge in [-0.1, -0.05) is 20.3 Å². The van der Waals surface area contributed by atoms with Crippen LogP contribution in [0.3, 0.4) is 0 Å². The smallest absolute Gasteiger partial charge is 0.230 e. The fraction of sp³-hybridized carbons (Fsp3) is 0.786. The van der Waals surface area contributed by atoms with Crippen molar-refractivity contribution in [3.63, 3.8) is 0 Å². The lowest BCUT2D eigenvalue weighted by Crippen LogP contribution is -2.39. The van der Waals surface area contributed by atoms with Crippen LogP contribution in [0.1, 0.15) is 64.2 Å². The Morgan fingerprint density at radius 3 is 2.68 bits per heavy atom. The lowest BCUT2D eigenvalue weighted by molar-refractivity contribution is -0.122. The van der Waals surface area contributed by atoms with Gasteiger partial charge in [-0.25, -0.2) is 0 Å². The molecule has 0 N–H and O–H groups in total. The Balaban J connectivity index is 2.01. The van der Waals surface area contributed by atoms with E-state index in [4.69, 9.17) is 4.42 Å². The zero-order valence-corrected chi connectivity index (χ0v) is 12.1. The Bertz CT molecular complexity index is 426. The minimum Gasteiger partial charge on any atom is -0.424 e. The summed E-state index contributed by atoms with van der Waals surface area (Å²) in [7, 11) is 0. The normalized spacial score (nSPS) is 16.8. The Morgan fingerprint density at radius 2 is 2.16 bits per heavy atom. The molecule has 0 bridgehead atoms. The van der Waals surface area contributed by atoms with E-state index in [2.05, 4.69) is 28.9 Å². The summed E-state index contributed by atoms with van der Waals surface area (Å²) in [6, 6.07) is -0.0359. The lowest BCUT2D eigenvalue weighted by Gasteiger charge is -2.27. The van der Waals surface area contributed by atoms with Crippen molar-refractivity contribution in [3.8, 4) is 0 Å². The number of nitrogens with zero attached hydrogens (tertiary/aromatic N) is 3. The molecular weight excluding hydrogens is 242 g/mol. The average Bonchev–Trinajstić information content (AvgIpc) is 3.14. The van der Waals surface area contributed by atoms with Gasteiger partial charge in [-0.15, -0.1) is 10.2 Å². The molecule has 0 aliphatic heterocycles. The summed E-state index contributed by atoms with van der Waals surface area (Å²) >= 11 is 0. The molecule has 1 unspecified atom stereocenters. The molecule has 5 heteroatoms. The number of aromatic nitrogens is 2. The monoisotopic (exact) mass is 265 g/mol. The minimum absolute atomic E-state index is 0.0359. The van der Waals surface area contributed by atoms with Crippen molar-refractivity contribution in [3.05, 3.63) is 11.8 Å². The van der Waals surface area contributed by atoms with Crippen LogP contribution in [0, 0.1) is 0 Å². The summed E-state index contributed by atoms with van der Waals surface area (Å²) in [4.78, 5) is 13.9. The van der Waals surface area contributed by atoms with Gasteiger partial charge >= 0.3 is 0 Å². The molecule has 1 atom stereocenters. The molecule has 1 heterocycles. The van der Waals surface area contributed by atoms with Gasteiger partial charge in [0.2, 0.25) is 11.8 Å². The third-order valence-corrected chi connectivity index (χ3v) is 3.63. The second kappa shape index (κ2) is 6.28. The van der Waals surface area contributed by atoms with Crippen molar-refractivity contribution in [1.82, 2.24) is 15.1 Å². The van der Waals surface area contributed by atoms with Crippen molar-refractivity contribution >= 4 is 5.78 Å². The fourth-order valence-electron chi connectivity index (χ4n) is 2.36. The van der Waals surface area contributed by atoms with Crippen LogP contribution in [0.2, 0.25) is 0 Å². The molecule has 0 radical (unpaired) electrons. The highest BCUT2D eigenvalue weighted by Crippen LogP contribution is 2.39. The first-order valence-electron chi connectivity index (χ1n) is 7.22. The molecule has 1 aliphatic rings. The average molecular weight is 265 g/mol. The standard InChI is InChI=1S/C14H23N3O2/c1-4-6-12(10(3)18)17(5-2)9-13-15-16-14(19-13)11-7-8-11/h11-12H,4-9H2,1-3H3. The van der Waals surface area contributed by atoms with Crippen molar-refractivity contribution in [2.75, 3.05) is 6.54 Å². The zero-order valence-electron chi connectivity index (χ0n) is 12.1. The highest BCUT2D eigenvalue weighted by Gasteiger charge is 2.30. The summed E-state index contributed by atoms with van der Waals surface area (Å²) in [5.41, 5.74) is 0. The fourth-order valence-corrected chi connectivity index (χ4v) is 2.36. The minimum atomic E-state index is -0.0359. The van der Waals surface area contributed by atoms with Crippen molar-refractivity contribution < 1.29 is 9.21 Å². The molecule has 0 amide bonds. The largest absolute Gasteiger partial charge is 0.424 e. The van der Waals surface area contributed by atoms with Gasteiger partial charge < -0.3 is 4.42 Å². The van der Waals surface area contributed by atoms with E-state index in [9.17, 15) is 4.79 Å². The summed E-state index contributed by atoms with van der Waals surface area (Å²) in [6.45, 7) is 7.20. The van der Waals surface area contributed by atoms with Gasteiger partial charge in [0.25, 0.3) is 0 Å². The van der Waals surface area contributed by atoms with E-state index in [-0.39, 0.29) is 11.8 Å². The maximum atomic E-state index is 11.7. The van der Waals surface area contributed by atoms with E-state index in [1.807, 2.05) is 0 Å². The van der Waals surface area contributed by atoms with Gasteiger partial charge in [-0.2, -0.15) is 0 Å². The molecule has 0 spiro atoms. The SMILES string of the molecule is CCCC(C(C)=O)N(CC)Cc1nnc(C2CC2)o1. The Labute approximate surface area is 114 Å². The van der Waals surface area contributed by atoms with Crippen molar-refractivity contribution in [2.24, 2.45) is 0 Å². The first kappa shape index (κ1) is 14.2. The number of ketones is 1. The Morgan fingerprint density at radius 1 is 1.42 bits per heavy atom. The van der Waals surface area contributed by atoms with E-state index >= 15 is 0 Å². The summed E-state index contributed by atoms with van der Waals surface area (Å²) in [5.74, 6) is 2.09. The van der Waals surface area contributed by atoms with Crippen LogP contribution in [-0.4, -0.2) is 33.5 Å². The van der Waals surface area contributed by atoms with Crippen LogP contribution in [0.4, 0.5) is 0 Å². The molecule has 5 nitrogen and oxygen atoms in total. The van der Waals surface area contributed by atoms with Gasteiger partial charge in [0.1, 0.15) is 5.78 Å². The van der Waals surface area contributed by atoms with Crippen LogP contribution < -0.4 is 0 Å². The Hall–Kier alpha value is -1.23. The van der Waals surface area contributed by atoms with Crippen LogP contribution in [-0.2, 0) is 11.3 Å². The molecule has 2 rings (SSSR count). The molecule has 0 aromatic carbocycles. The third kappa shape index (κ3) is 3.62. The first-order chi connectivity index (χ1) is 9.15. The Kier molecular flexibility index (Phi) is 4.69. The molecule has 1 saturated carbocycles. The molecule has 1 aliphatic carbocycles. The number of Topliss-reactive ketones (excluding diaryl/α,β-unsaturated/α-hetero) is 1. The first-order valence-corrected chi connectivity index (χ1v) is 7.22. The van der Waals surface area contributed by atoms with Crippen LogP contribution in [0.15, 0.2) is 4.42 Å². The molecule has 1 aromatic rings. The number of carbonyl (C=O) groups excluding carboxylic acids is 1. The highest BCUT2D eigenvalue weighted by atomic mass is 16.4. The quantitative estimate of drug-likeness (QED) is 0.723. The van der Waals surface area contributed by atoms with E-state index in [0.717, 1.165) is 38.1 Å². The highest BCUT2D eigenvalue weighted by molar-refractivity contribution is 5.81. The number of hydrogen-bond acceptors (Lipinski definition) is 5. The van der Waals surface area contributed by atoms with Gasteiger partial charge in [0, 0.05) is 5.92 Å². The molecule has 1 fully saturated rings. The van der Waals surface area contributed by atoms with E-state index < -0.39 is 0 Å². The predicted octanol–water partition coefficient (Wildman–Crippen LogP) is 2.53. The topological polar surface area (TPSA) is 59.2 Å². The van der Waals surface area contributed by atoms with Gasteiger partial charge in [-0.05, 0) is 32.7 Å². The van der Waals surface area contributed by atoms with E-state index in [1.165, 1.54) is 0 Å². The van der Waals surface area contributed by atoms with E-state index in [0.29, 0.717) is 18.4 Å².